The van der Waals surface area contributed by atoms with Crippen molar-refractivity contribution >= 4 is 0 Å². The highest BCUT2D eigenvalue weighted by Gasteiger charge is 1.99. The first-order valence-corrected chi connectivity index (χ1v) is 5.15. The van der Waals surface area contributed by atoms with Crippen molar-refractivity contribution < 1.29 is 4.74 Å². The Hall–Kier alpha value is -2.38. The molecule has 0 atom stereocenters. The largest absolute Gasteiger partial charge is 0.439 e. The zero-order chi connectivity index (χ0) is 12.1. The summed E-state index contributed by atoms with van der Waals surface area (Å²) in [6.45, 7) is 0.509. The van der Waals surface area contributed by atoms with Gasteiger partial charge in [-0.05, 0) is 23.8 Å². The molecule has 2 aromatic rings. The average Bonchev–Trinajstić information content (AvgIpc) is 2.40. The van der Waals surface area contributed by atoms with Gasteiger partial charge in [0.2, 0.25) is 5.88 Å². The molecular formula is C13H11N3O. The van der Waals surface area contributed by atoms with Crippen LogP contribution in [0.3, 0.4) is 0 Å². The molecule has 0 aliphatic heterocycles. The highest BCUT2D eigenvalue weighted by Crippen LogP contribution is 2.19. The van der Waals surface area contributed by atoms with Crippen molar-refractivity contribution in [2.75, 3.05) is 0 Å². The minimum absolute atomic E-state index is 0.462. The molecule has 4 heteroatoms. The molecule has 1 heterocycles. The van der Waals surface area contributed by atoms with Crippen LogP contribution in [0, 0.1) is 11.3 Å². The molecule has 0 saturated carbocycles. The lowest BCUT2D eigenvalue weighted by molar-refractivity contribution is 0.462. The summed E-state index contributed by atoms with van der Waals surface area (Å²) in [5.74, 6) is 1.16. The second-order valence-corrected chi connectivity index (χ2v) is 3.45. The number of nitriles is 1. The van der Waals surface area contributed by atoms with Crippen LogP contribution in [0.25, 0.3) is 0 Å². The number of hydrogen-bond donors (Lipinski definition) is 1. The Balaban J connectivity index is 2.11. The molecule has 0 amide bonds. The predicted molar refractivity (Wildman–Crippen MR) is 63.4 cm³/mol. The number of rotatable bonds is 3. The summed E-state index contributed by atoms with van der Waals surface area (Å²) in [6, 6.07) is 12.8. The fraction of sp³-hybridized carbons (Fsp3) is 0.0769. The third-order valence-corrected chi connectivity index (χ3v) is 2.25. The number of nitrogens with zero attached hydrogens (tertiary/aromatic N) is 2. The maximum Gasteiger partial charge on any atom is 0.219 e. The molecule has 2 rings (SSSR count). The lowest BCUT2D eigenvalue weighted by Crippen LogP contribution is -1.95. The summed E-state index contributed by atoms with van der Waals surface area (Å²) in [7, 11) is 0. The molecule has 2 N–H and O–H groups in total. The van der Waals surface area contributed by atoms with E-state index in [9.17, 15) is 0 Å². The Kier molecular flexibility index (Phi) is 3.34. The standard InChI is InChI=1S/C13H11N3O/c14-7-10-1-4-12(5-2-10)17-13-6-3-11(8-15)9-16-13/h1-6,9H,7,14H2. The van der Waals surface area contributed by atoms with E-state index in [1.54, 1.807) is 12.1 Å². The molecule has 1 aromatic heterocycles. The van der Waals surface area contributed by atoms with E-state index in [4.69, 9.17) is 15.7 Å². The van der Waals surface area contributed by atoms with E-state index in [1.807, 2.05) is 30.3 Å². The van der Waals surface area contributed by atoms with E-state index in [2.05, 4.69) is 4.98 Å². The molecule has 0 aliphatic rings. The molecule has 0 saturated heterocycles. The Bertz CT molecular complexity index is 526. The van der Waals surface area contributed by atoms with Crippen LogP contribution >= 0.6 is 0 Å². The lowest BCUT2D eigenvalue weighted by atomic mass is 10.2. The van der Waals surface area contributed by atoms with Gasteiger partial charge in [0.1, 0.15) is 11.8 Å². The van der Waals surface area contributed by atoms with Crippen molar-refractivity contribution in [2.24, 2.45) is 5.73 Å². The van der Waals surface area contributed by atoms with Crippen molar-refractivity contribution in [2.45, 2.75) is 6.54 Å². The van der Waals surface area contributed by atoms with Gasteiger partial charge in [0, 0.05) is 18.8 Å². The first kappa shape index (κ1) is 11.1. The molecular weight excluding hydrogens is 214 g/mol. The van der Waals surface area contributed by atoms with Crippen LogP contribution in [0.4, 0.5) is 0 Å². The second-order valence-electron chi connectivity index (χ2n) is 3.45. The van der Waals surface area contributed by atoms with Gasteiger partial charge in [0.15, 0.2) is 0 Å². The van der Waals surface area contributed by atoms with Gasteiger partial charge < -0.3 is 10.5 Å². The number of hydrogen-bond acceptors (Lipinski definition) is 4. The molecule has 0 unspecified atom stereocenters. The summed E-state index contributed by atoms with van der Waals surface area (Å²) in [4.78, 5) is 4.02. The number of pyridine rings is 1. The third kappa shape index (κ3) is 2.80. The molecule has 0 fully saturated rings. The van der Waals surface area contributed by atoms with Gasteiger partial charge in [-0.2, -0.15) is 5.26 Å². The minimum Gasteiger partial charge on any atom is -0.439 e. The topological polar surface area (TPSA) is 71.9 Å². The van der Waals surface area contributed by atoms with Gasteiger partial charge in [-0.15, -0.1) is 0 Å². The van der Waals surface area contributed by atoms with Gasteiger partial charge in [-0.25, -0.2) is 4.98 Å². The number of aromatic nitrogens is 1. The van der Waals surface area contributed by atoms with Crippen LogP contribution in [-0.4, -0.2) is 4.98 Å². The maximum atomic E-state index is 8.63. The Labute approximate surface area is 99.3 Å². The van der Waals surface area contributed by atoms with Crippen LogP contribution in [0.1, 0.15) is 11.1 Å². The van der Waals surface area contributed by atoms with E-state index in [0.717, 1.165) is 5.56 Å². The van der Waals surface area contributed by atoms with Crippen molar-refractivity contribution in [3.05, 3.63) is 53.7 Å². The molecule has 0 aliphatic carbocycles. The van der Waals surface area contributed by atoms with Gasteiger partial charge in [0.25, 0.3) is 0 Å². The number of ether oxygens (including phenoxy) is 1. The van der Waals surface area contributed by atoms with Gasteiger partial charge >= 0.3 is 0 Å². The average molecular weight is 225 g/mol. The van der Waals surface area contributed by atoms with E-state index in [0.29, 0.717) is 23.7 Å². The monoisotopic (exact) mass is 225 g/mol. The van der Waals surface area contributed by atoms with Gasteiger partial charge in [0.05, 0.1) is 5.56 Å². The van der Waals surface area contributed by atoms with Gasteiger partial charge in [-0.1, -0.05) is 12.1 Å². The van der Waals surface area contributed by atoms with E-state index >= 15 is 0 Å². The molecule has 4 nitrogen and oxygen atoms in total. The minimum atomic E-state index is 0.462. The maximum absolute atomic E-state index is 8.63. The van der Waals surface area contributed by atoms with Crippen LogP contribution in [0.2, 0.25) is 0 Å². The summed E-state index contributed by atoms with van der Waals surface area (Å²) in [5.41, 5.74) is 7.06. The van der Waals surface area contributed by atoms with Crippen LogP contribution in [0.5, 0.6) is 11.6 Å². The second kappa shape index (κ2) is 5.10. The van der Waals surface area contributed by atoms with Crippen molar-refractivity contribution in [3.63, 3.8) is 0 Å². The van der Waals surface area contributed by atoms with Crippen LogP contribution in [0.15, 0.2) is 42.6 Å². The summed E-state index contributed by atoms with van der Waals surface area (Å²) in [5, 5.41) is 8.63. The van der Waals surface area contributed by atoms with E-state index in [-0.39, 0.29) is 0 Å². The highest BCUT2D eigenvalue weighted by molar-refractivity contribution is 5.33. The van der Waals surface area contributed by atoms with E-state index in [1.165, 1.54) is 6.20 Å². The predicted octanol–water partition coefficient (Wildman–Crippen LogP) is 2.20. The molecule has 0 bridgehead atoms. The van der Waals surface area contributed by atoms with Crippen LogP contribution in [-0.2, 0) is 6.54 Å². The fourth-order valence-corrected chi connectivity index (χ4v) is 1.32. The van der Waals surface area contributed by atoms with E-state index < -0.39 is 0 Å². The Morgan fingerprint density at radius 1 is 1.18 bits per heavy atom. The SMILES string of the molecule is N#Cc1ccc(Oc2ccc(CN)cc2)nc1. The zero-order valence-corrected chi connectivity index (χ0v) is 9.13. The fourth-order valence-electron chi connectivity index (χ4n) is 1.32. The summed E-state index contributed by atoms with van der Waals surface area (Å²) >= 11 is 0. The summed E-state index contributed by atoms with van der Waals surface area (Å²) < 4.78 is 5.52. The smallest absolute Gasteiger partial charge is 0.219 e. The molecule has 0 radical (unpaired) electrons. The Morgan fingerprint density at radius 3 is 2.47 bits per heavy atom. The molecule has 0 spiro atoms. The number of benzene rings is 1. The molecule has 1 aromatic carbocycles. The summed E-state index contributed by atoms with van der Waals surface area (Å²) in [6.07, 6.45) is 1.48. The number of nitrogens with two attached hydrogens (primary N) is 1. The lowest BCUT2D eigenvalue weighted by Gasteiger charge is -2.04. The van der Waals surface area contributed by atoms with Crippen molar-refractivity contribution in [1.82, 2.24) is 4.98 Å². The zero-order valence-electron chi connectivity index (χ0n) is 9.13. The van der Waals surface area contributed by atoms with Crippen molar-refractivity contribution in [1.29, 1.82) is 5.26 Å². The van der Waals surface area contributed by atoms with Crippen molar-refractivity contribution in [3.8, 4) is 17.7 Å². The first-order valence-electron chi connectivity index (χ1n) is 5.15. The molecule has 17 heavy (non-hydrogen) atoms. The van der Waals surface area contributed by atoms with Gasteiger partial charge in [-0.3, -0.25) is 0 Å². The quantitative estimate of drug-likeness (QED) is 0.869. The molecule has 84 valence electrons. The Morgan fingerprint density at radius 2 is 1.94 bits per heavy atom. The highest BCUT2D eigenvalue weighted by atomic mass is 16.5. The first-order chi connectivity index (χ1) is 8.31. The normalized spacial score (nSPS) is 9.65. The third-order valence-electron chi connectivity index (χ3n) is 2.25. The van der Waals surface area contributed by atoms with Crippen LogP contribution < -0.4 is 10.5 Å².